The Labute approximate surface area is 138 Å². The van der Waals surface area contributed by atoms with Gasteiger partial charge in [-0.3, -0.25) is 4.55 Å². The van der Waals surface area contributed by atoms with E-state index in [9.17, 15) is 13.2 Å². The summed E-state index contributed by atoms with van der Waals surface area (Å²) in [6.45, 7) is 0.609. The predicted octanol–water partition coefficient (Wildman–Crippen LogP) is -0.712. The highest BCUT2D eigenvalue weighted by atomic mass is 32.3. The molecule has 2 aliphatic rings. The number of hydroxylamine groups is 2. The first-order valence-electron chi connectivity index (χ1n) is 7.35. The van der Waals surface area contributed by atoms with Crippen LogP contribution in [-0.4, -0.2) is 74.8 Å². The van der Waals surface area contributed by atoms with Gasteiger partial charge in [0.2, 0.25) is 0 Å². The average Bonchev–Trinajstić information content (AvgIpc) is 3.06. The van der Waals surface area contributed by atoms with Crippen molar-refractivity contribution in [2.45, 2.75) is 25.3 Å². The average molecular weight is 359 g/mol. The van der Waals surface area contributed by atoms with Gasteiger partial charge in [-0.2, -0.15) is 13.5 Å². The molecule has 0 aliphatic carbocycles. The van der Waals surface area contributed by atoms with Crippen molar-refractivity contribution >= 4 is 22.1 Å². The summed E-state index contributed by atoms with van der Waals surface area (Å²) in [7, 11) is -4.78. The van der Waals surface area contributed by atoms with Gasteiger partial charge in [-0.05, 0) is 25.3 Å². The molecule has 11 nitrogen and oxygen atoms in total. The Morgan fingerprint density at radius 1 is 1.38 bits per heavy atom. The van der Waals surface area contributed by atoms with Crippen molar-refractivity contribution in [1.82, 2.24) is 25.0 Å². The smallest absolute Gasteiger partial charge is 0.396 e. The SMILES string of the molecule is O=C1N2CC(n3cc(CCCCO)nn3)=CC(C2)N1OS(=O)(=O)O. The monoisotopic (exact) mass is 359 g/mol. The van der Waals surface area contributed by atoms with Crippen LogP contribution in [-0.2, 0) is 21.1 Å². The van der Waals surface area contributed by atoms with Gasteiger partial charge in [-0.1, -0.05) is 5.21 Å². The minimum atomic E-state index is -4.78. The molecule has 1 unspecified atom stereocenters. The van der Waals surface area contributed by atoms with E-state index in [1.54, 1.807) is 12.3 Å². The molecule has 1 aromatic heterocycles. The van der Waals surface area contributed by atoms with E-state index >= 15 is 0 Å². The number of aromatic nitrogens is 3. The quantitative estimate of drug-likeness (QED) is 0.481. The van der Waals surface area contributed by atoms with Gasteiger partial charge in [-0.15, -0.1) is 9.38 Å². The molecule has 1 aromatic rings. The van der Waals surface area contributed by atoms with E-state index in [0.29, 0.717) is 23.6 Å². The van der Waals surface area contributed by atoms with Gasteiger partial charge in [0, 0.05) is 13.2 Å². The molecular formula is C12H17N5O6S. The molecule has 12 heteroatoms. The molecule has 132 valence electrons. The van der Waals surface area contributed by atoms with Crippen molar-refractivity contribution in [2.24, 2.45) is 0 Å². The molecular weight excluding hydrogens is 342 g/mol. The first kappa shape index (κ1) is 16.8. The molecule has 0 aromatic carbocycles. The van der Waals surface area contributed by atoms with E-state index in [-0.39, 0.29) is 19.7 Å². The summed E-state index contributed by atoms with van der Waals surface area (Å²) in [6, 6.07) is -1.29. The number of carbonyl (C=O) groups is 1. The Bertz CT molecular complexity index is 760. The summed E-state index contributed by atoms with van der Waals surface area (Å²) in [5, 5.41) is 17.5. The normalized spacial score (nSPS) is 20.7. The lowest BCUT2D eigenvalue weighted by Crippen LogP contribution is -2.35. The van der Waals surface area contributed by atoms with Gasteiger partial charge in [0.25, 0.3) is 0 Å². The standard InChI is InChI=1S/C12H17N5O6S/c18-4-2-1-3-9-6-16(14-13-9)10-5-11-8-15(7-10)12(19)17(11)23-24(20,21)22/h5-6,11,18H,1-4,7-8H2,(H,20,21,22). The number of unbranched alkanes of at least 4 members (excludes halogenated alkanes) is 1. The molecule has 3 heterocycles. The maximum absolute atomic E-state index is 12.1. The zero-order chi connectivity index (χ0) is 17.3. The van der Waals surface area contributed by atoms with Crippen molar-refractivity contribution in [3.63, 3.8) is 0 Å². The molecule has 2 bridgehead atoms. The van der Waals surface area contributed by atoms with E-state index in [1.807, 2.05) is 0 Å². The minimum absolute atomic E-state index is 0.127. The van der Waals surface area contributed by atoms with Crippen LogP contribution in [0.1, 0.15) is 18.5 Å². The van der Waals surface area contributed by atoms with E-state index in [0.717, 1.165) is 12.1 Å². The van der Waals surface area contributed by atoms with E-state index < -0.39 is 22.5 Å². The molecule has 3 rings (SSSR count). The molecule has 24 heavy (non-hydrogen) atoms. The molecule has 0 spiro atoms. The summed E-state index contributed by atoms with van der Waals surface area (Å²) < 4.78 is 36.4. The lowest BCUT2D eigenvalue weighted by atomic mass is 10.2. The zero-order valence-electron chi connectivity index (χ0n) is 12.6. The minimum Gasteiger partial charge on any atom is -0.396 e. The van der Waals surface area contributed by atoms with Gasteiger partial charge in [0.1, 0.15) is 6.04 Å². The van der Waals surface area contributed by atoms with Crippen LogP contribution < -0.4 is 0 Å². The summed E-state index contributed by atoms with van der Waals surface area (Å²) in [5.74, 6) is 0. The van der Waals surface area contributed by atoms with Crippen molar-refractivity contribution in [1.29, 1.82) is 0 Å². The van der Waals surface area contributed by atoms with Crippen molar-refractivity contribution < 1.29 is 27.2 Å². The maximum Gasteiger partial charge on any atom is 0.418 e. The fourth-order valence-electron chi connectivity index (χ4n) is 2.69. The number of fused-ring (bicyclic) bond motifs is 2. The summed E-state index contributed by atoms with van der Waals surface area (Å²) in [5.41, 5.74) is 1.41. The Hall–Kier alpha value is -2.02. The number of aryl methyl sites for hydroxylation is 1. The van der Waals surface area contributed by atoms with Gasteiger partial charge < -0.3 is 10.0 Å². The highest BCUT2D eigenvalue weighted by molar-refractivity contribution is 7.80. The number of hydrogen-bond acceptors (Lipinski definition) is 7. The lowest BCUT2D eigenvalue weighted by molar-refractivity contribution is -0.0183. The Balaban J connectivity index is 1.74. The third kappa shape index (κ3) is 3.56. The molecule has 2 N–H and O–H groups in total. The summed E-state index contributed by atoms with van der Waals surface area (Å²) >= 11 is 0. The number of urea groups is 1. The molecule has 2 amide bonds. The number of aliphatic hydroxyl groups excluding tert-OH is 1. The van der Waals surface area contributed by atoms with Crippen molar-refractivity contribution in [3.8, 4) is 0 Å². The molecule has 1 atom stereocenters. The molecule has 1 saturated heterocycles. The highest BCUT2D eigenvalue weighted by Crippen LogP contribution is 2.27. The summed E-state index contributed by atoms with van der Waals surface area (Å²) in [4.78, 5) is 13.5. The zero-order valence-corrected chi connectivity index (χ0v) is 13.5. The number of nitrogens with zero attached hydrogens (tertiary/aromatic N) is 5. The third-order valence-corrected chi connectivity index (χ3v) is 4.10. The first-order valence-corrected chi connectivity index (χ1v) is 8.72. The fourth-order valence-corrected chi connectivity index (χ4v) is 3.07. The van der Waals surface area contributed by atoms with Crippen molar-refractivity contribution in [3.05, 3.63) is 18.0 Å². The van der Waals surface area contributed by atoms with Crippen LogP contribution in [0.15, 0.2) is 12.3 Å². The molecule has 2 aliphatic heterocycles. The Morgan fingerprint density at radius 2 is 2.17 bits per heavy atom. The Kier molecular flexibility index (Phi) is 4.54. The molecule has 0 saturated carbocycles. The predicted molar refractivity (Wildman–Crippen MR) is 79.5 cm³/mol. The van der Waals surface area contributed by atoms with E-state index in [4.69, 9.17) is 9.66 Å². The maximum atomic E-state index is 12.1. The first-order chi connectivity index (χ1) is 11.4. The molecule has 1 fully saturated rings. The number of amides is 2. The van der Waals surface area contributed by atoms with Crippen LogP contribution in [0.25, 0.3) is 5.70 Å². The molecule has 0 radical (unpaired) electrons. The van der Waals surface area contributed by atoms with Crippen LogP contribution in [0.3, 0.4) is 0 Å². The number of hydrogen-bond donors (Lipinski definition) is 2. The van der Waals surface area contributed by atoms with Gasteiger partial charge >= 0.3 is 16.4 Å². The highest BCUT2D eigenvalue weighted by Gasteiger charge is 2.43. The topological polar surface area (TPSA) is 138 Å². The number of carbonyl (C=O) groups excluding carboxylic acids is 1. The van der Waals surface area contributed by atoms with E-state index in [1.165, 1.54) is 9.58 Å². The second-order valence-corrected chi connectivity index (χ2v) is 6.56. The second-order valence-electron chi connectivity index (χ2n) is 5.55. The fraction of sp³-hybridized carbons (Fsp3) is 0.583. The van der Waals surface area contributed by atoms with E-state index in [2.05, 4.69) is 14.6 Å². The number of aliphatic hydroxyl groups is 1. The Morgan fingerprint density at radius 3 is 2.88 bits per heavy atom. The van der Waals surface area contributed by atoms with Crippen LogP contribution in [0, 0.1) is 0 Å². The van der Waals surface area contributed by atoms with Gasteiger partial charge in [0.15, 0.2) is 0 Å². The van der Waals surface area contributed by atoms with Crippen LogP contribution >= 0.6 is 0 Å². The van der Waals surface area contributed by atoms with Crippen molar-refractivity contribution in [2.75, 3.05) is 19.7 Å². The number of rotatable bonds is 7. The van der Waals surface area contributed by atoms with Crippen LogP contribution in [0.4, 0.5) is 4.79 Å². The van der Waals surface area contributed by atoms with Gasteiger partial charge in [0.05, 0.1) is 24.1 Å². The summed E-state index contributed by atoms with van der Waals surface area (Å²) in [6.07, 6.45) is 5.53. The van der Waals surface area contributed by atoms with Gasteiger partial charge in [-0.25, -0.2) is 9.48 Å². The van der Waals surface area contributed by atoms with Crippen LogP contribution in [0.2, 0.25) is 0 Å². The second kappa shape index (κ2) is 6.47. The largest absolute Gasteiger partial charge is 0.418 e. The lowest BCUT2D eigenvalue weighted by Gasteiger charge is -2.20. The third-order valence-electron chi connectivity index (χ3n) is 3.76. The van der Waals surface area contributed by atoms with Crippen LogP contribution in [0.5, 0.6) is 0 Å².